The Balaban J connectivity index is 1.79. The molecule has 4 heteroatoms. The third-order valence-electron chi connectivity index (χ3n) is 3.19. The number of rotatable bonds is 5. The molecule has 0 saturated carbocycles. The van der Waals surface area contributed by atoms with Crippen molar-refractivity contribution in [2.24, 2.45) is 0 Å². The molecular weight excluding hydrogens is 253 g/mol. The molecule has 0 saturated heterocycles. The van der Waals surface area contributed by atoms with Gasteiger partial charge in [0.15, 0.2) is 0 Å². The smallest absolute Gasteiger partial charge is 0.138 e. The second-order valence-corrected chi connectivity index (χ2v) is 4.65. The molecule has 0 spiro atoms. The van der Waals surface area contributed by atoms with Gasteiger partial charge in [0.05, 0.1) is 17.7 Å². The van der Waals surface area contributed by atoms with Gasteiger partial charge in [-0.15, -0.1) is 0 Å². The van der Waals surface area contributed by atoms with Crippen molar-refractivity contribution in [3.63, 3.8) is 0 Å². The topological polar surface area (TPSA) is 40.7 Å². The van der Waals surface area contributed by atoms with Crippen LogP contribution in [-0.4, -0.2) is 23.2 Å². The molecule has 102 valence electrons. The van der Waals surface area contributed by atoms with Gasteiger partial charge in [-0.1, -0.05) is 12.1 Å². The average molecular weight is 269 g/mol. The molecule has 0 aliphatic rings. The fraction of sp³-hybridized carbons (Fsp3) is 0.188. The number of nitrogens with zero attached hydrogens (tertiary/aromatic N) is 1. The summed E-state index contributed by atoms with van der Waals surface area (Å²) in [5, 5.41) is 3.18. The minimum absolute atomic E-state index is 0.288. The van der Waals surface area contributed by atoms with Gasteiger partial charge in [0, 0.05) is 17.8 Å². The lowest BCUT2D eigenvalue weighted by molar-refractivity contribution is 0.481. The van der Waals surface area contributed by atoms with Crippen LogP contribution in [-0.2, 0) is 0 Å². The lowest BCUT2D eigenvalue weighted by Crippen LogP contribution is -2.01. The summed E-state index contributed by atoms with van der Waals surface area (Å²) in [6, 6.07) is 16.0. The van der Waals surface area contributed by atoms with Crippen LogP contribution in [0.3, 0.4) is 0 Å². The number of benzene rings is 2. The number of aromatic amines is 1. The van der Waals surface area contributed by atoms with E-state index in [1.54, 1.807) is 0 Å². The first-order valence-electron chi connectivity index (χ1n) is 6.72. The highest BCUT2D eigenvalue weighted by Gasteiger charge is 2.04. The summed E-state index contributed by atoms with van der Waals surface area (Å²) in [5.74, 6) is 0.863. The molecule has 3 aromatic rings. The fourth-order valence-corrected chi connectivity index (χ4v) is 2.14. The van der Waals surface area contributed by atoms with Crippen LogP contribution in [0.25, 0.3) is 22.4 Å². The molecule has 0 bridgehead atoms. The maximum Gasteiger partial charge on any atom is 0.138 e. The SMILES string of the molecule is FCCCNc1ccc(-c2nc3ccccc3[nH]2)cc1. The summed E-state index contributed by atoms with van der Waals surface area (Å²) in [7, 11) is 0. The Morgan fingerprint density at radius 2 is 1.85 bits per heavy atom. The molecule has 0 amide bonds. The predicted octanol–water partition coefficient (Wildman–Crippen LogP) is 4.00. The van der Waals surface area contributed by atoms with Gasteiger partial charge < -0.3 is 10.3 Å². The highest BCUT2D eigenvalue weighted by molar-refractivity contribution is 5.79. The third-order valence-corrected chi connectivity index (χ3v) is 3.19. The predicted molar refractivity (Wildman–Crippen MR) is 80.6 cm³/mol. The van der Waals surface area contributed by atoms with Crippen molar-refractivity contribution in [2.45, 2.75) is 6.42 Å². The van der Waals surface area contributed by atoms with Gasteiger partial charge in [0.2, 0.25) is 0 Å². The van der Waals surface area contributed by atoms with Crippen LogP contribution in [0.4, 0.5) is 10.1 Å². The maximum absolute atomic E-state index is 12.0. The Labute approximate surface area is 116 Å². The third kappa shape index (κ3) is 2.64. The molecule has 1 heterocycles. The number of aromatic nitrogens is 2. The molecule has 0 aliphatic heterocycles. The summed E-state index contributed by atoms with van der Waals surface area (Å²) in [6.07, 6.45) is 0.533. The number of hydrogen-bond acceptors (Lipinski definition) is 2. The molecule has 2 N–H and O–H groups in total. The number of nitrogens with one attached hydrogen (secondary N) is 2. The lowest BCUT2D eigenvalue weighted by Gasteiger charge is -2.05. The number of para-hydroxylation sites is 2. The van der Waals surface area contributed by atoms with Crippen LogP contribution in [0.1, 0.15) is 6.42 Å². The molecular formula is C16H16FN3. The number of hydrogen-bond donors (Lipinski definition) is 2. The minimum Gasteiger partial charge on any atom is -0.385 e. The quantitative estimate of drug-likeness (QED) is 0.687. The van der Waals surface area contributed by atoms with Crippen molar-refractivity contribution in [3.05, 3.63) is 48.5 Å². The Morgan fingerprint density at radius 1 is 1.05 bits per heavy atom. The van der Waals surface area contributed by atoms with Crippen LogP contribution in [0.15, 0.2) is 48.5 Å². The Morgan fingerprint density at radius 3 is 2.60 bits per heavy atom. The van der Waals surface area contributed by atoms with Gasteiger partial charge >= 0.3 is 0 Å². The molecule has 3 nitrogen and oxygen atoms in total. The molecule has 0 aliphatic carbocycles. The van der Waals surface area contributed by atoms with E-state index < -0.39 is 0 Å². The number of alkyl halides is 1. The largest absolute Gasteiger partial charge is 0.385 e. The van der Waals surface area contributed by atoms with E-state index in [2.05, 4.69) is 15.3 Å². The van der Waals surface area contributed by atoms with E-state index in [1.807, 2.05) is 48.5 Å². The second kappa shape index (κ2) is 5.74. The Bertz CT molecular complexity index is 655. The first-order chi connectivity index (χ1) is 9.86. The number of fused-ring (bicyclic) bond motifs is 1. The number of anilines is 1. The highest BCUT2D eigenvalue weighted by atomic mass is 19.1. The van der Waals surface area contributed by atoms with E-state index in [0.29, 0.717) is 13.0 Å². The van der Waals surface area contributed by atoms with E-state index in [9.17, 15) is 4.39 Å². The van der Waals surface area contributed by atoms with Crippen molar-refractivity contribution >= 4 is 16.7 Å². The summed E-state index contributed by atoms with van der Waals surface area (Å²) in [6.45, 7) is 0.366. The van der Waals surface area contributed by atoms with E-state index in [-0.39, 0.29) is 6.67 Å². The van der Waals surface area contributed by atoms with Crippen molar-refractivity contribution in [1.29, 1.82) is 0 Å². The number of H-pyrrole nitrogens is 1. The van der Waals surface area contributed by atoms with E-state index in [1.165, 1.54) is 0 Å². The molecule has 3 rings (SSSR count). The van der Waals surface area contributed by atoms with Crippen molar-refractivity contribution in [1.82, 2.24) is 9.97 Å². The van der Waals surface area contributed by atoms with Crippen molar-refractivity contribution < 1.29 is 4.39 Å². The van der Waals surface area contributed by atoms with E-state index in [0.717, 1.165) is 28.1 Å². The standard InChI is InChI=1S/C16H16FN3/c17-10-3-11-18-13-8-6-12(7-9-13)16-19-14-4-1-2-5-15(14)20-16/h1-2,4-9,18H,3,10-11H2,(H,19,20). The lowest BCUT2D eigenvalue weighted by atomic mass is 10.2. The van der Waals surface area contributed by atoms with Gasteiger partial charge in [0.1, 0.15) is 5.82 Å². The Hall–Kier alpha value is -2.36. The van der Waals surface area contributed by atoms with Crippen LogP contribution < -0.4 is 5.32 Å². The average Bonchev–Trinajstić information content (AvgIpc) is 2.92. The van der Waals surface area contributed by atoms with Crippen molar-refractivity contribution in [3.8, 4) is 11.4 Å². The molecule has 0 radical (unpaired) electrons. The Kier molecular flexibility index (Phi) is 3.63. The second-order valence-electron chi connectivity index (χ2n) is 4.65. The van der Waals surface area contributed by atoms with Crippen LogP contribution in [0, 0.1) is 0 Å². The normalized spacial score (nSPS) is 10.8. The number of imidazole rings is 1. The molecule has 0 unspecified atom stereocenters. The maximum atomic E-state index is 12.0. The zero-order valence-corrected chi connectivity index (χ0v) is 11.1. The zero-order chi connectivity index (χ0) is 13.8. The van der Waals surface area contributed by atoms with Gasteiger partial charge in [-0.2, -0.15) is 0 Å². The highest BCUT2D eigenvalue weighted by Crippen LogP contribution is 2.21. The first kappa shape index (κ1) is 12.7. The molecule has 0 atom stereocenters. The van der Waals surface area contributed by atoms with E-state index >= 15 is 0 Å². The van der Waals surface area contributed by atoms with Crippen molar-refractivity contribution in [2.75, 3.05) is 18.5 Å². The van der Waals surface area contributed by atoms with Gasteiger partial charge in [-0.25, -0.2) is 4.98 Å². The fourth-order valence-electron chi connectivity index (χ4n) is 2.14. The van der Waals surface area contributed by atoms with Gasteiger partial charge in [-0.3, -0.25) is 4.39 Å². The molecule has 20 heavy (non-hydrogen) atoms. The van der Waals surface area contributed by atoms with E-state index in [4.69, 9.17) is 0 Å². The summed E-state index contributed by atoms with van der Waals surface area (Å²) >= 11 is 0. The minimum atomic E-state index is -0.288. The van der Waals surface area contributed by atoms with Crippen LogP contribution in [0.2, 0.25) is 0 Å². The molecule has 2 aromatic carbocycles. The van der Waals surface area contributed by atoms with Gasteiger partial charge in [-0.05, 0) is 42.8 Å². The first-order valence-corrected chi connectivity index (χ1v) is 6.72. The number of halogens is 1. The summed E-state index contributed by atoms with van der Waals surface area (Å²) in [5.41, 5.74) is 4.04. The van der Waals surface area contributed by atoms with Gasteiger partial charge in [0.25, 0.3) is 0 Å². The molecule has 1 aromatic heterocycles. The summed E-state index contributed by atoms with van der Waals surface area (Å²) in [4.78, 5) is 7.87. The zero-order valence-electron chi connectivity index (χ0n) is 11.1. The van der Waals surface area contributed by atoms with Crippen LogP contribution >= 0.6 is 0 Å². The monoisotopic (exact) mass is 269 g/mol. The molecule has 0 fully saturated rings. The summed E-state index contributed by atoms with van der Waals surface area (Å²) < 4.78 is 12.0. The van der Waals surface area contributed by atoms with Crippen LogP contribution in [0.5, 0.6) is 0 Å².